The molecule has 2 aromatic heterocycles. The van der Waals surface area contributed by atoms with Crippen LogP contribution in [0, 0.1) is 0 Å². The Hall–Kier alpha value is -3.52. The maximum atomic E-state index is 12.9. The van der Waals surface area contributed by atoms with Gasteiger partial charge in [-0.15, -0.1) is 0 Å². The fourth-order valence-corrected chi connectivity index (χ4v) is 3.62. The Labute approximate surface area is 179 Å². The average molecular weight is 420 g/mol. The van der Waals surface area contributed by atoms with Gasteiger partial charge in [0, 0.05) is 43.9 Å². The van der Waals surface area contributed by atoms with E-state index in [2.05, 4.69) is 15.0 Å². The lowest BCUT2D eigenvalue weighted by molar-refractivity contribution is 0.0790. The first-order valence-electron chi connectivity index (χ1n) is 10.2. The number of methoxy groups -OCH3 is 1. The quantitative estimate of drug-likeness (QED) is 0.590. The number of benzene rings is 1. The molecule has 1 amide bonds. The van der Waals surface area contributed by atoms with Crippen LogP contribution < -0.4 is 10.3 Å². The average Bonchev–Trinajstić information content (AvgIpc) is 3.30. The van der Waals surface area contributed by atoms with Crippen LogP contribution in [0.4, 0.5) is 0 Å². The molecule has 4 rings (SSSR count). The highest BCUT2D eigenvalue weighted by Gasteiger charge is 2.29. The van der Waals surface area contributed by atoms with Crippen molar-refractivity contribution in [1.29, 1.82) is 0 Å². The number of rotatable bonds is 7. The van der Waals surface area contributed by atoms with Gasteiger partial charge in [0.25, 0.3) is 11.5 Å². The number of nitrogens with zero attached hydrogens (tertiary/aromatic N) is 3. The summed E-state index contributed by atoms with van der Waals surface area (Å²) in [7, 11) is 1.62. The summed E-state index contributed by atoms with van der Waals surface area (Å²) in [4.78, 5) is 38.5. The van der Waals surface area contributed by atoms with Gasteiger partial charge in [0.05, 0.1) is 12.3 Å². The van der Waals surface area contributed by atoms with Gasteiger partial charge in [0.1, 0.15) is 18.1 Å². The van der Waals surface area contributed by atoms with Gasteiger partial charge in [0.2, 0.25) is 0 Å². The number of nitrogens with one attached hydrogen (secondary N) is 1. The second kappa shape index (κ2) is 9.53. The first kappa shape index (κ1) is 20.7. The van der Waals surface area contributed by atoms with Crippen LogP contribution in [0.1, 0.15) is 28.4 Å². The molecule has 1 unspecified atom stereocenters. The number of ether oxygens (including phenoxy) is 2. The molecular formula is C23H24N4O4. The second-order valence-corrected chi connectivity index (χ2v) is 7.34. The molecule has 1 atom stereocenters. The molecule has 1 aliphatic heterocycles. The molecule has 31 heavy (non-hydrogen) atoms. The van der Waals surface area contributed by atoms with Crippen molar-refractivity contribution in [3.8, 4) is 17.3 Å². The largest absolute Gasteiger partial charge is 0.491 e. The predicted molar refractivity (Wildman–Crippen MR) is 115 cm³/mol. The fourth-order valence-electron chi connectivity index (χ4n) is 3.62. The summed E-state index contributed by atoms with van der Waals surface area (Å²) in [5.74, 6) is 1.10. The van der Waals surface area contributed by atoms with Gasteiger partial charge in [0.15, 0.2) is 5.82 Å². The Morgan fingerprint density at radius 3 is 2.77 bits per heavy atom. The molecule has 1 aliphatic rings. The standard InChI is InChI=1S/C23H24N4O4/c1-30-12-13-31-18-7-5-16(6-8-18)23(29)27-11-9-17(15-27)20-14-21(28)26-22(25-20)19-4-2-3-10-24-19/h2-8,10,14,17H,9,11-13,15H2,1H3,(H,25,26,28). The SMILES string of the molecule is COCCOc1ccc(C(=O)N2CCC(c3cc(=O)[nH]c(-c4ccccn4)n3)C2)cc1. The summed E-state index contributed by atoms with van der Waals surface area (Å²) in [6.45, 7) is 2.10. The summed E-state index contributed by atoms with van der Waals surface area (Å²) in [5, 5.41) is 0. The number of hydrogen-bond donors (Lipinski definition) is 1. The third kappa shape index (κ3) is 4.97. The van der Waals surface area contributed by atoms with E-state index < -0.39 is 0 Å². The first-order valence-corrected chi connectivity index (χ1v) is 10.2. The number of H-pyrrole nitrogens is 1. The zero-order valence-electron chi connectivity index (χ0n) is 17.3. The smallest absolute Gasteiger partial charge is 0.253 e. The number of amides is 1. The van der Waals surface area contributed by atoms with Gasteiger partial charge >= 0.3 is 0 Å². The number of carbonyl (C=O) groups is 1. The van der Waals surface area contributed by atoms with E-state index in [9.17, 15) is 9.59 Å². The Kier molecular flexibility index (Phi) is 6.37. The van der Waals surface area contributed by atoms with E-state index in [4.69, 9.17) is 9.47 Å². The van der Waals surface area contributed by atoms with E-state index in [1.54, 1.807) is 48.5 Å². The molecule has 160 valence electrons. The maximum Gasteiger partial charge on any atom is 0.253 e. The van der Waals surface area contributed by atoms with Crippen LogP contribution in [-0.2, 0) is 4.74 Å². The van der Waals surface area contributed by atoms with Gasteiger partial charge in [-0.05, 0) is 42.8 Å². The van der Waals surface area contributed by atoms with Crippen LogP contribution in [0.15, 0.2) is 59.5 Å². The molecule has 0 radical (unpaired) electrons. The van der Waals surface area contributed by atoms with Crippen LogP contribution in [0.3, 0.4) is 0 Å². The molecule has 3 aromatic rings. The maximum absolute atomic E-state index is 12.9. The minimum absolute atomic E-state index is 0.00497. The van der Waals surface area contributed by atoms with Crippen molar-refractivity contribution >= 4 is 5.91 Å². The summed E-state index contributed by atoms with van der Waals surface area (Å²) >= 11 is 0. The number of carbonyl (C=O) groups excluding carboxylic acids is 1. The van der Waals surface area contributed by atoms with Crippen LogP contribution in [0.2, 0.25) is 0 Å². The summed E-state index contributed by atoms with van der Waals surface area (Å²) in [5.41, 5.74) is 1.68. The van der Waals surface area contributed by atoms with Gasteiger partial charge in [-0.25, -0.2) is 4.98 Å². The molecule has 8 nitrogen and oxygen atoms in total. The van der Waals surface area contributed by atoms with Crippen molar-refractivity contribution < 1.29 is 14.3 Å². The number of aromatic amines is 1. The van der Waals surface area contributed by atoms with Gasteiger partial charge < -0.3 is 19.4 Å². The van der Waals surface area contributed by atoms with Crippen molar-refractivity contribution in [2.75, 3.05) is 33.4 Å². The zero-order chi connectivity index (χ0) is 21.6. The highest BCUT2D eigenvalue weighted by atomic mass is 16.5. The van der Waals surface area contributed by atoms with Gasteiger partial charge in [-0.1, -0.05) is 6.07 Å². The third-order valence-corrected chi connectivity index (χ3v) is 5.22. The molecule has 1 saturated heterocycles. The van der Waals surface area contributed by atoms with Crippen LogP contribution in [-0.4, -0.2) is 59.2 Å². The molecule has 0 spiro atoms. The first-order chi connectivity index (χ1) is 15.1. The van der Waals surface area contributed by atoms with Crippen molar-refractivity contribution in [1.82, 2.24) is 19.9 Å². The lowest BCUT2D eigenvalue weighted by atomic mass is 10.0. The minimum Gasteiger partial charge on any atom is -0.491 e. The monoisotopic (exact) mass is 420 g/mol. The van der Waals surface area contributed by atoms with E-state index in [0.717, 1.165) is 6.42 Å². The molecule has 1 fully saturated rings. The Bertz CT molecular complexity index is 1080. The van der Waals surface area contributed by atoms with Crippen molar-refractivity contribution in [2.45, 2.75) is 12.3 Å². The minimum atomic E-state index is -0.223. The number of likely N-dealkylation sites (tertiary alicyclic amines) is 1. The van der Waals surface area contributed by atoms with Crippen LogP contribution in [0.5, 0.6) is 5.75 Å². The van der Waals surface area contributed by atoms with Crippen LogP contribution >= 0.6 is 0 Å². The Morgan fingerprint density at radius 2 is 2.03 bits per heavy atom. The summed E-state index contributed by atoms with van der Waals surface area (Å²) in [6.07, 6.45) is 2.41. The van der Waals surface area contributed by atoms with Crippen molar-refractivity contribution in [2.24, 2.45) is 0 Å². The molecule has 0 aliphatic carbocycles. The predicted octanol–water partition coefficient (Wildman–Crippen LogP) is 2.49. The third-order valence-electron chi connectivity index (χ3n) is 5.22. The van der Waals surface area contributed by atoms with E-state index in [1.807, 2.05) is 12.1 Å². The lowest BCUT2D eigenvalue weighted by Gasteiger charge is -2.17. The van der Waals surface area contributed by atoms with E-state index in [1.165, 1.54) is 6.07 Å². The lowest BCUT2D eigenvalue weighted by Crippen LogP contribution is -2.28. The van der Waals surface area contributed by atoms with E-state index in [-0.39, 0.29) is 17.4 Å². The summed E-state index contributed by atoms with van der Waals surface area (Å²) < 4.78 is 10.5. The van der Waals surface area contributed by atoms with E-state index in [0.29, 0.717) is 54.8 Å². The Balaban J connectivity index is 1.44. The highest BCUT2D eigenvalue weighted by molar-refractivity contribution is 5.94. The number of hydrogen-bond acceptors (Lipinski definition) is 6. The molecule has 1 N–H and O–H groups in total. The number of aromatic nitrogens is 3. The topological polar surface area (TPSA) is 97.4 Å². The molecular weight excluding hydrogens is 396 g/mol. The van der Waals surface area contributed by atoms with Gasteiger partial charge in [-0.2, -0.15) is 0 Å². The van der Waals surface area contributed by atoms with Crippen molar-refractivity contribution in [3.05, 3.63) is 76.3 Å². The number of pyridine rings is 1. The van der Waals surface area contributed by atoms with Gasteiger partial charge in [-0.3, -0.25) is 14.6 Å². The van der Waals surface area contributed by atoms with E-state index >= 15 is 0 Å². The highest BCUT2D eigenvalue weighted by Crippen LogP contribution is 2.27. The molecule has 1 aromatic carbocycles. The second-order valence-electron chi connectivity index (χ2n) is 7.34. The molecule has 8 heteroatoms. The van der Waals surface area contributed by atoms with Crippen LogP contribution in [0.25, 0.3) is 11.5 Å². The fraction of sp³-hybridized carbons (Fsp3) is 0.304. The molecule has 0 bridgehead atoms. The van der Waals surface area contributed by atoms with Crippen molar-refractivity contribution in [3.63, 3.8) is 0 Å². The summed E-state index contributed by atoms with van der Waals surface area (Å²) in [6, 6.07) is 14.1. The Morgan fingerprint density at radius 1 is 1.19 bits per heavy atom. The molecule has 0 saturated carbocycles. The molecule has 3 heterocycles. The zero-order valence-corrected chi connectivity index (χ0v) is 17.3. The normalized spacial score (nSPS) is 15.8.